The van der Waals surface area contributed by atoms with Gasteiger partial charge in [0.05, 0.1) is 12.8 Å². The maximum atomic E-state index is 5.40. The van der Waals surface area contributed by atoms with Crippen molar-refractivity contribution in [3.63, 3.8) is 0 Å². The molecule has 112 valence electrons. The first-order valence-corrected chi connectivity index (χ1v) is 7.61. The van der Waals surface area contributed by atoms with Gasteiger partial charge in [-0.2, -0.15) is 0 Å². The lowest BCUT2D eigenvalue weighted by Gasteiger charge is -2.29. The zero-order valence-electron chi connectivity index (χ0n) is 12.8. The Hall–Kier alpha value is -1.65. The summed E-state index contributed by atoms with van der Waals surface area (Å²) in [6.45, 7) is 3.18. The molecular formula is C17H23N3O. The van der Waals surface area contributed by atoms with Crippen molar-refractivity contribution >= 4 is 10.9 Å². The molecule has 0 atom stereocenters. The fraction of sp³-hybridized carbons (Fsp3) is 0.471. The lowest BCUT2D eigenvalue weighted by molar-refractivity contribution is 0.234. The van der Waals surface area contributed by atoms with Crippen LogP contribution in [0.15, 0.2) is 30.3 Å². The minimum absolute atomic E-state index is 0.608. The zero-order valence-corrected chi connectivity index (χ0v) is 12.8. The molecule has 1 aromatic heterocycles. The normalized spacial score (nSPS) is 17.2. The molecule has 0 saturated carbocycles. The summed E-state index contributed by atoms with van der Waals surface area (Å²) in [7, 11) is 3.88. The largest absolute Gasteiger partial charge is 0.494 e. The summed E-state index contributed by atoms with van der Waals surface area (Å²) in [5.41, 5.74) is 2.02. The van der Waals surface area contributed by atoms with E-state index in [9.17, 15) is 0 Å². The van der Waals surface area contributed by atoms with Crippen LogP contribution < -0.4 is 10.1 Å². The Labute approximate surface area is 126 Å². The van der Waals surface area contributed by atoms with Gasteiger partial charge in [0.2, 0.25) is 0 Å². The maximum absolute atomic E-state index is 5.40. The number of benzene rings is 1. The number of hydrogen-bond acceptors (Lipinski definition) is 4. The van der Waals surface area contributed by atoms with Gasteiger partial charge >= 0.3 is 0 Å². The molecule has 0 aliphatic carbocycles. The van der Waals surface area contributed by atoms with Crippen LogP contribution in [0.5, 0.6) is 5.75 Å². The van der Waals surface area contributed by atoms with Crippen LogP contribution in [0, 0.1) is 0 Å². The fourth-order valence-corrected chi connectivity index (χ4v) is 2.89. The van der Waals surface area contributed by atoms with Crippen molar-refractivity contribution in [2.75, 3.05) is 27.2 Å². The highest BCUT2D eigenvalue weighted by molar-refractivity contribution is 5.84. The SMILES string of the molecule is COc1cccc2ccc(CNC3CCN(C)CC3)nc12. The molecule has 2 heterocycles. The van der Waals surface area contributed by atoms with E-state index in [0.29, 0.717) is 6.04 Å². The number of fused-ring (bicyclic) bond motifs is 1. The van der Waals surface area contributed by atoms with Crippen LogP contribution in [0.25, 0.3) is 10.9 Å². The molecule has 0 unspecified atom stereocenters. The number of rotatable bonds is 4. The van der Waals surface area contributed by atoms with Crippen LogP contribution in [-0.4, -0.2) is 43.2 Å². The second-order valence-corrected chi connectivity index (χ2v) is 5.79. The number of hydrogen-bond donors (Lipinski definition) is 1. The van der Waals surface area contributed by atoms with Gasteiger partial charge in [-0.25, -0.2) is 4.98 Å². The van der Waals surface area contributed by atoms with E-state index in [1.807, 2.05) is 12.1 Å². The van der Waals surface area contributed by atoms with Crippen LogP contribution >= 0.6 is 0 Å². The number of nitrogens with zero attached hydrogens (tertiary/aromatic N) is 2. The average Bonchev–Trinajstić information content (AvgIpc) is 2.53. The summed E-state index contributed by atoms with van der Waals surface area (Å²) in [4.78, 5) is 7.13. The van der Waals surface area contributed by atoms with Crippen molar-refractivity contribution < 1.29 is 4.74 Å². The van der Waals surface area contributed by atoms with Crippen LogP contribution in [0.1, 0.15) is 18.5 Å². The minimum Gasteiger partial charge on any atom is -0.494 e. The first-order valence-electron chi connectivity index (χ1n) is 7.61. The maximum Gasteiger partial charge on any atom is 0.145 e. The number of ether oxygens (including phenoxy) is 1. The molecule has 1 N–H and O–H groups in total. The zero-order chi connectivity index (χ0) is 14.7. The van der Waals surface area contributed by atoms with E-state index in [0.717, 1.165) is 28.9 Å². The number of aromatic nitrogens is 1. The first kappa shape index (κ1) is 14.3. The lowest BCUT2D eigenvalue weighted by atomic mass is 10.1. The van der Waals surface area contributed by atoms with Gasteiger partial charge in [0.1, 0.15) is 11.3 Å². The summed E-state index contributed by atoms with van der Waals surface area (Å²) in [5.74, 6) is 0.841. The third-order valence-electron chi connectivity index (χ3n) is 4.25. The van der Waals surface area contributed by atoms with Gasteiger partial charge in [-0.3, -0.25) is 0 Å². The van der Waals surface area contributed by atoms with E-state index in [4.69, 9.17) is 9.72 Å². The molecule has 3 rings (SSSR count). The van der Waals surface area contributed by atoms with E-state index in [-0.39, 0.29) is 0 Å². The summed E-state index contributed by atoms with van der Waals surface area (Å²) in [6.07, 6.45) is 2.43. The van der Waals surface area contributed by atoms with Gasteiger partial charge in [0.15, 0.2) is 0 Å². The molecule has 0 radical (unpaired) electrons. The third kappa shape index (κ3) is 3.34. The van der Waals surface area contributed by atoms with Gasteiger partial charge in [-0.05, 0) is 45.1 Å². The van der Waals surface area contributed by atoms with Crippen LogP contribution in [-0.2, 0) is 6.54 Å². The molecule has 21 heavy (non-hydrogen) atoms. The average molecular weight is 285 g/mol. The predicted molar refractivity (Wildman–Crippen MR) is 85.7 cm³/mol. The summed E-state index contributed by atoms with van der Waals surface area (Å²) < 4.78 is 5.40. The number of pyridine rings is 1. The molecule has 1 aliphatic rings. The van der Waals surface area contributed by atoms with E-state index in [1.165, 1.54) is 25.9 Å². The van der Waals surface area contributed by atoms with Gasteiger partial charge in [0.25, 0.3) is 0 Å². The predicted octanol–water partition coefficient (Wildman–Crippen LogP) is 2.43. The van der Waals surface area contributed by atoms with Gasteiger partial charge in [-0.15, -0.1) is 0 Å². The first-order chi connectivity index (χ1) is 10.3. The van der Waals surface area contributed by atoms with Crippen molar-refractivity contribution in [3.05, 3.63) is 36.0 Å². The summed E-state index contributed by atoms with van der Waals surface area (Å²) in [6, 6.07) is 10.9. The highest BCUT2D eigenvalue weighted by Gasteiger charge is 2.16. The van der Waals surface area contributed by atoms with Crippen molar-refractivity contribution in [1.82, 2.24) is 15.2 Å². The van der Waals surface area contributed by atoms with Crippen LogP contribution in [0.2, 0.25) is 0 Å². The van der Waals surface area contributed by atoms with E-state index in [1.54, 1.807) is 7.11 Å². The smallest absolute Gasteiger partial charge is 0.145 e. The summed E-state index contributed by atoms with van der Waals surface area (Å²) in [5, 5.41) is 4.75. The molecule has 0 amide bonds. The topological polar surface area (TPSA) is 37.4 Å². The van der Waals surface area contributed by atoms with E-state index in [2.05, 4.69) is 35.5 Å². The van der Waals surface area contributed by atoms with Crippen LogP contribution in [0.3, 0.4) is 0 Å². The number of nitrogens with one attached hydrogen (secondary N) is 1. The number of likely N-dealkylation sites (tertiary alicyclic amines) is 1. The van der Waals surface area contributed by atoms with E-state index >= 15 is 0 Å². The van der Waals surface area contributed by atoms with Crippen molar-refractivity contribution in [2.24, 2.45) is 0 Å². The molecule has 1 fully saturated rings. The molecule has 1 saturated heterocycles. The second kappa shape index (κ2) is 6.41. The second-order valence-electron chi connectivity index (χ2n) is 5.79. The molecule has 2 aromatic rings. The Morgan fingerprint density at radius 1 is 1.24 bits per heavy atom. The minimum atomic E-state index is 0.608. The molecule has 0 spiro atoms. The Morgan fingerprint density at radius 3 is 2.81 bits per heavy atom. The van der Waals surface area contributed by atoms with Gasteiger partial charge in [0, 0.05) is 18.0 Å². The van der Waals surface area contributed by atoms with Crippen LogP contribution in [0.4, 0.5) is 0 Å². The van der Waals surface area contributed by atoms with Crippen molar-refractivity contribution in [3.8, 4) is 5.75 Å². The molecule has 1 aliphatic heterocycles. The molecule has 4 heteroatoms. The third-order valence-corrected chi connectivity index (χ3v) is 4.25. The quantitative estimate of drug-likeness (QED) is 0.936. The van der Waals surface area contributed by atoms with Crippen molar-refractivity contribution in [2.45, 2.75) is 25.4 Å². The number of methoxy groups -OCH3 is 1. The van der Waals surface area contributed by atoms with Crippen molar-refractivity contribution in [1.29, 1.82) is 0 Å². The Kier molecular flexibility index (Phi) is 4.36. The monoisotopic (exact) mass is 285 g/mol. The van der Waals surface area contributed by atoms with E-state index < -0.39 is 0 Å². The highest BCUT2D eigenvalue weighted by Crippen LogP contribution is 2.23. The molecular weight excluding hydrogens is 262 g/mol. The van der Waals surface area contributed by atoms with Gasteiger partial charge in [-0.1, -0.05) is 18.2 Å². The Morgan fingerprint density at radius 2 is 2.05 bits per heavy atom. The van der Waals surface area contributed by atoms with Gasteiger partial charge < -0.3 is 15.0 Å². The highest BCUT2D eigenvalue weighted by atomic mass is 16.5. The molecule has 4 nitrogen and oxygen atoms in total. The Balaban J connectivity index is 1.69. The molecule has 1 aromatic carbocycles. The number of para-hydroxylation sites is 1. The molecule has 0 bridgehead atoms. The fourth-order valence-electron chi connectivity index (χ4n) is 2.89. The lowest BCUT2D eigenvalue weighted by Crippen LogP contribution is -2.40. The number of piperidine rings is 1. The Bertz CT molecular complexity index is 606. The summed E-state index contributed by atoms with van der Waals surface area (Å²) >= 11 is 0. The standard InChI is InChI=1S/C17H23N3O/c1-20-10-8-14(9-11-20)18-12-15-7-6-13-4-3-5-16(21-2)17(13)19-15/h3-7,14,18H,8-12H2,1-2H3.